The maximum absolute atomic E-state index is 12.3. The van der Waals surface area contributed by atoms with Gasteiger partial charge in [0.15, 0.2) is 0 Å². The van der Waals surface area contributed by atoms with Gasteiger partial charge in [-0.1, -0.05) is 34.8 Å². The molecule has 0 fully saturated rings. The Morgan fingerprint density at radius 3 is 2.29 bits per heavy atom. The van der Waals surface area contributed by atoms with Crippen LogP contribution in [0.3, 0.4) is 0 Å². The maximum atomic E-state index is 12.3. The van der Waals surface area contributed by atoms with E-state index in [2.05, 4.69) is 20.7 Å². The molecule has 0 aromatic heterocycles. The number of aryl methyl sites for hydroxylation is 1. The number of hydrogen-bond donors (Lipinski definition) is 1. The lowest BCUT2D eigenvalue weighted by molar-refractivity contribution is 0.601. The summed E-state index contributed by atoms with van der Waals surface area (Å²) < 4.78 is 27.7. The van der Waals surface area contributed by atoms with E-state index in [4.69, 9.17) is 34.8 Å². The highest BCUT2D eigenvalue weighted by Crippen LogP contribution is 2.32. The number of rotatable bonds is 3. The third kappa shape index (κ3) is 3.85. The van der Waals surface area contributed by atoms with E-state index in [1.165, 1.54) is 24.3 Å². The largest absolute Gasteiger partial charge is 0.278 e. The minimum absolute atomic E-state index is 0.0143. The average molecular weight is 430 g/mol. The normalized spacial score (nSPS) is 11.5. The highest BCUT2D eigenvalue weighted by atomic mass is 79.9. The first-order valence-corrected chi connectivity index (χ1v) is 9.05. The Balaban J connectivity index is 2.42. The van der Waals surface area contributed by atoms with Gasteiger partial charge in [-0.25, -0.2) is 8.42 Å². The van der Waals surface area contributed by atoms with Gasteiger partial charge in [-0.2, -0.15) is 0 Å². The molecule has 0 aliphatic rings. The van der Waals surface area contributed by atoms with Crippen LogP contribution in [0.25, 0.3) is 0 Å². The van der Waals surface area contributed by atoms with Crippen molar-refractivity contribution in [2.75, 3.05) is 4.72 Å². The summed E-state index contributed by atoms with van der Waals surface area (Å²) in [7, 11) is -3.79. The zero-order valence-electron chi connectivity index (χ0n) is 10.6. The number of sulfonamides is 1. The van der Waals surface area contributed by atoms with Crippen LogP contribution < -0.4 is 4.72 Å². The molecule has 2 aromatic rings. The molecular formula is C13H9BrCl3NO2S. The van der Waals surface area contributed by atoms with Crippen molar-refractivity contribution in [3.8, 4) is 0 Å². The summed E-state index contributed by atoms with van der Waals surface area (Å²) in [6, 6.07) is 7.36. The van der Waals surface area contributed by atoms with E-state index in [1.807, 2.05) is 6.92 Å². The molecule has 2 rings (SSSR count). The first-order chi connectivity index (χ1) is 9.70. The van der Waals surface area contributed by atoms with E-state index >= 15 is 0 Å². The molecule has 21 heavy (non-hydrogen) atoms. The van der Waals surface area contributed by atoms with Gasteiger partial charge in [0.2, 0.25) is 0 Å². The second-order valence-electron chi connectivity index (χ2n) is 4.26. The standard InChI is InChI=1S/C13H9BrCl3NO2S/c1-7-4-9(14)13(6-11(7)16)18-21(19,20)8-2-3-10(15)12(17)5-8/h2-6,18H,1H3. The molecule has 3 nitrogen and oxygen atoms in total. The predicted molar refractivity (Wildman–Crippen MR) is 91.2 cm³/mol. The zero-order chi connectivity index (χ0) is 15.8. The van der Waals surface area contributed by atoms with Crippen molar-refractivity contribution in [1.29, 1.82) is 0 Å². The number of hydrogen-bond acceptors (Lipinski definition) is 2. The summed E-state index contributed by atoms with van der Waals surface area (Å²) in [6.45, 7) is 1.82. The molecule has 0 heterocycles. The fraction of sp³-hybridized carbons (Fsp3) is 0.0769. The lowest BCUT2D eigenvalue weighted by Crippen LogP contribution is -2.13. The molecule has 0 aliphatic carbocycles. The average Bonchev–Trinajstić information content (AvgIpc) is 2.39. The van der Waals surface area contributed by atoms with E-state index in [9.17, 15) is 8.42 Å². The van der Waals surface area contributed by atoms with E-state index in [0.29, 0.717) is 15.2 Å². The van der Waals surface area contributed by atoms with Gasteiger partial charge in [0.25, 0.3) is 10.0 Å². The van der Waals surface area contributed by atoms with Crippen LogP contribution >= 0.6 is 50.7 Å². The van der Waals surface area contributed by atoms with Crippen LogP contribution in [0, 0.1) is 6.92 Å². The Hall–Kier alpha value is -0.460. The fourth-order valence-electron chi connectivity index (χ4n) is 1.57. The molecule has 0 saturated carbocycles. The highest BCUT2D eigenvalue weighted by Gasteiger charge is 2.17. The van der Waals surface area contributed by atoms with Crippen molar-refractivity contribution < 1.29 is 8.42 Å². The number of nitrogens with one attached hydrogen (secondary N) is 1. The first kappa shape index (κ1) is 16.9. The maximum Gasteiger partial charge on any atom is 0.261 e. The highest BCUT2D eigenvalue weighted by molar-refractivity contribution is 9.10. The van der Waals surface area contributed by atoms with Crippen LogP contribution in [0.2, 0.25) is 15.1 Å². The van der Waals surface area contributed by atoms with Gasteiger partial charge in [-0.05, 0) is 58.7 Å². The van der Waals surface area contributed by atoms with Crippen LogP contribution in [0.4, 0.5) is 5.69 Å². The first-order valence-electron chi connectivity index (χ1n) is 5.64. The van der Waals surface area contributed by atoms with Crippen LogP contribution in [0.15, 0.2) is 39.7 Å². The second kappa shape index (κ2) is 6.34. The third-order valence-corrected chi connectivity index (χ3v) is 5.86. The topological polar surface area (TPSA) is 46.2 Å². The molecule has 0 unspecified atom stereocenters. The van der Waals surface area contributed by atoms with Crippen molar-refractivity contribution in [2.45, 2.75) is 11.8 Å². The molecule has 0 bridgehead atoms. The number of halogens is 4. The van der Waals surface area contributed by atoms with Gasteiger partial charge in [0.05, 0.1) is 20.6 Å². The Morgan fingerprint density at radius 1 is 1.00 bits per heavy atom. The van der Waals surface area contributed by atoms with Crippen molar-refractivity contribution in [3.63, 3.8) is 0 Å². The SMILES string of the molecule is Cc1cc(Br)c(NS(=O)(=O)c2ccc(Cl)c(Cl)c2)cc1Cl. The van der Waals surface area contributed by atoms with E-state index in [0.717, 1.165) is 5.56 Å². The Kier molecular flexibility index (Phi) is 5.11. The molecule has 1 N–H and O–H groups in total. The van der Waals surface area contributed by atoms with Crippen molar-refractivity contribution >= 4 is 66.4 Å². The molecule has 0 aliphatic heterocycles. The molecule has 112 valence electrons. The van der Waals surface area contributed by atoms with E-state index in [-0.39, 0.29) is 14.9 Å². The summed E-state index contributed by atoms with van der Waals surface area (Å²) in [5.74, 6) is 0. The molecule has 0 radical (unpaired) electrons. The number of benzene rings is 2. The molecule has 0 saturated heterocycles. The van der Waals surface area contributed by atoms with Crippen molar-refractivity contribution in [1.82, 2.24) is 0 Å². The lowest BCUT2D eigenvalue weighted by atomic mass is 10.2. The molecule has 0 atom stereocenters. The molecule has 2 aromatic carbocycles. The molecular weight excluding hydrogens is 420 g/mol. The fourth-order valence-corrected chi connectivity index (χ4v) is 3.88. The van der Waals surface area contributed by atoms with Gasteiger partial charge in [0, 0.05) is 9.50 Å². The van der Waals surface area contributed by atoms with Gasteiger partial charge in [0.1, 0.15) is 0 Å². The summed E-state index contributed by atoms with van der Waals surface area (Å²) >= 11 is 20.9. The lowest BCUT2D eigenvalue weighted by Gasteiger charge is -2.12. The van der Waals surface area contributed by atoms with Crippen LogP contribution in [0.5, 0.6) is 0 Å². The van der Waals surface area contributed by atoms with Crippen LogP contribution in [-0.4, -0.2) is 8.42 Å². The Labute approximate surface area is 146 Å². The Bertz CT molecular complexity index is 809. The smallest absolute Gasteiger partial charge is 0.261 e. The van der Waals surface area contributed by atoms with Crippen LogP contribution in [0.1, 0.15) is 5.56 Å². The van der Waals surface area contributed by atoms with Gasteiger partial charge < -0.3 is 0 Å². The van der Waals surface area contributed by atoms with Crippen LogP contribution in [-0.2, 0) is 10.0 Å². The molecule has 8 heteroatoms. The summed E-state index contributed by atoms with van der Waals surface area (Å²) in [5.41, 5.74) is 1.18. The second-order valence-corrected chi connectivity index (χ2v) is 8.02. The van der Waals surface area contributed by atoms with Crippen molar-refractivity contribution in [2.24, 2.45) is 0 Å². The zero-order valence-corrected chi connectivity index (χ0v) is 15.3. The van der Waals surface area contributed by atoms with Crippen molar-refractivity contribution in [3.05, 3.63) is 55.4 Å². The number of anilines is 1. The summed E-state index contributed by atoms with van der Waals surface area (Å²) in [4.78, 5) is 0.0143. The quantitative estimate of drug-likeness (QED) is 0.698. The van der Waals surface area contributed by atoms with E-state index in [1.54, 1.807) is 6.07 Å². The molecule has 0 amide bonds. The summed E-state index contributed by atoms with van der Waals surface area (Å²) in [6.07, 6.45) is 0. The minimum Gasteiger partial charge on any atom is -0.278 e. The Morgan fingerprint density at radius 2 is 1.67 bits per heavy atom. The van der Waals surface area contributed by atoms with Gasteiger partial charge >= 0.3 is 0 Å². The van der Waals surface area contributed by atoms with E-state index < -0.39 is 10.0 Å². The monoisotopic (exact) mass is 427 g/mol. The van der Waals surface area contributed by atoms with Gasteiger partial charge in [-0.15, -0.1) is 0 Å². The minimum atomic E-state index is -3.79. The summed E-state index contributed by atoms with van der Waals surface area (Å²) in [5, 5.41) is 0.917. The van der Waals surface area contributed by atoms with Gasteiger partial charge in [-0.3, -0.25) is 4.72 Å². The third-order valence-electron chi connectivity index (χ3n) is 2.69. The molecule has 0 spiro atoms. The predicted octanol–water partition coefficient (Wildman–Crippen LogP) is 5.52.